The molecule has 1 spiro atoms. The first-order valence-corrected chi connectivity index (χ1v) is 8.94. The quantitative estimate of drug-likeness (QED) is 0.791. The molecule has 0 unspecified atom stereocenters. The Morgan fingerprint density at radius 2 is 2.04 bits per heavy atom. The van der Waals surface area contributed by atoms with E-state index in [0.717, 1.165) is 44.7 Å². The number of carbonyl (C=O) groups excluding carboxylic acids is 1. The van der Waals surface area contributed by atoms with Crippen LogP contribution in [0.1, 0.15) is 40.0 Å². The highest BCUT2D eigenvalue weighted by Crippen LogP contribution is 2.48. The third kappa shape index (κ3) is 3.87. The van der Waals surface area contributed by atoms with E-state index in [-0.39, 0.29) is 5.91 Å². The fourth-order valence-corrected chi connectivity index (χ4v) is 4.10. The highest BCUT2D eigenvalue weighted by atomic mass is 19.4. The summed E-state index contributed by atoms with van der Waals surface area (Å²) in [7, 11) is 0. The van der Waals surface area contributed by atoms with Gasteiger partial charge in [0.15, 0.2) is 0 Å². The number of rotatable bonds is 3. The van der Waals surface area contributed by atoms with Crippen LogP contribution in [0.25, 0.3) is 0 Å². The summed E-state index contributed by atoms with van der Waals surface area (Å²) in [6.07, 6.45) is -2.11. The Bertz CT molecular complexity index is 592. The van der Waals surface area contributed by atoms with Crippen LogP contribution in [0.5, 0.6) is 0 Å². The van der Waals surface area contributed by atoms with Gasteiger partial charge in [0, 0.05) is 25.4 Å². The normalized spacial score (nSPS) is 30.5. The number of hydrogen-bond acceptors (Lipinski definition) is 4. The van der Waals surface area contributed by atoms with Crippen molar-refractivity contribution in [2.75, 3.05) is 19.6 Å². The van der Waals surface area contributed by atoms with Crippen LogP contribution < -0.4 is 5.32 Å². The Morgan fingerprint density at radius 3 is 2.54 bits per heavy atom. The summed E-state index contributed by atoms with van der Waals surface area (Å²) in [5, 5.41) is 10.6. The van der Waals surface area contributed by atoms with E-state index in [2.05, 4.69) is 26.1 Å². The molecule has 26 heavy (non-hydrogen) atoms. The third-order valence-electron chi connectivity index (χ3n) is 5.21. The lowest BCUT2D eigenvalue weighted by Gasteiger charge is -2.28. The number of carbonyl (C=O) groups is 2. The molecule has 0 aromatic carbocycles. The third-order valence-corrected chi connectivity index (χ3v) is 5.21. The molecule has 1 aliphatic carbocycles. The van der Waals surface area contributed by atoms with Gasteiger partial charge >= 0.3 is 12.1 Å². The number of carboxylic acid groups (broad SMARTS) is 1. The Hall–Kier alpha value is -1.64. The fraction of sp³-hybridized carbons (Fsp3) is 0.824. The number of amides is 1. The average Bonchev–Trinajstić information content (AvgIpc) is 3.19. The number of fused-ring (bicyclic) bond motifs is 2. The van der Waals surface area contributed by atoms with Crippen molar-refractivity contribution in [3.05, 3.63) is 0 Å². The van der Waals surface area contributed by atoms with Crippen molar-refractivity contribution in [3.63, 3.8) is 0 Å². The molecular weight excluding hydrogens is 351 g/mol. The van der Waals surface area contributed by atoms with E-state index in [1.165, 1.54) is 0 Å². The minimum atomic E-state index is -5.08. The van der Waals surface area contributed by atoms with Gasteiger partial charge in [-0.3, -0.25) is 14.7 Å². The molecule has 9 heteroatoms. The monoisotopic (exact) mass is 377 g/mol. The molecule has 3 rings (SSSR count). The second-order valence-corrected chi connectivity index (χ2v) is 7.48. The zero-order valence-electron chi connectivity index (χ0n) is 15.3. The summed E-state index contributed by atoms with van der Waals surface area (Å²) in [5.74, 6) is 0.131. The summed E-state index contributed by atoms with van der Waals surface area (Å²) in [6.45, 7) is 9.30. The highest BCUT2D eigenvalue weighted by Gasteiger charge is 2.59. The van der Waals surface area contributed by atoms with Crippen molar-refractivity contribution >= 4 is 17.7 Å². The van der Waals surface area contributed by atoms with Gasteiger partial charge in [-0.1, -0.05) is 20.8 Å². The van der Waals surface area contributed by atoms with Crippen LogP contribution >= 0.6 is 0 Å². The molecule has 0 aromatic heterocycles. The number of halogens is 3. The Labute approximate surface area is 150 Å². The Morgan fingerprint density at radius 1 is 1.42 bits per heavy atom. The number of aliphatic imine (C=N–C) groups is 1. The van der Waals surface area contributed by atoms with Crippen LogP contribution in [-0.4, -0.2) is 59.1 Å². The first-order chi connectivity index (χ1) is 12.0. The fourth-order valence-electron chi connectivity index (χ4n) is 4.10. The largest absolute Gasteiger partial charge is 0.490 e. The number of aliphatic carboxylic acids is 1. The van der Waals surface area contributed by atoms with Gasteiger partial charge in [-0.25, -0.2) is 4.79 Å². The standard InChI is InChI=1S/C15H25N3O.C2HF3O2/c1-4-13-17-15(14(19)18(13)9-10(2)3)6-5-11-7-16-8-12(11)15;3-2(4,5)1(6)7/h10-12,16H,4-9H2,1-3H3;(H,6,7)/t11-,12+,15-;/m1./s1. The highest BCUT2D eigenvalue weighted by molar-refractivity contribution is 6.08. The van der Waals surface area contributed by atoms with E-state index < -0.39 is 17.7 Å². The second-order valence-electron chi connectivity index (χ2n) is 7.48. The lowest BCUT2D eigenvalue weighted by atomic mass is 9.85. The zero-order chi connectivity index (χ0) is 19.7. The molecule has 3 atom stereocenters. The van der Waals surface area contributed by atoms with E-state index in [1.54, 1.807) is 0 Å². The van der Waals surface area contributed by atoms with Gasteiger partial charge < -0.3 is 10.4 Å². The van der Waals surface area contributed by atoms with E-state index in [0.29, 0.717) is 17.8 Å². The topological polar surface area (TPSA) is 82.0 Å². The van der Waals surface area contributed by atoms with Crippen molar-refractivity contribution in [1.29, 1.82) is 0 Å². The molecule has 1 saturated heterocycles. The molecule has 2 N–H and O–H groups in total. The smallest absolute Gasteiger partial charge is 0.475 e. The minimum Gasteiger partial charge on any atom is -0.475 e. The van der Waals surface area contributed by atoms with Crippen LogP contribution in [0.15, 0.2) is 4.99 Å². The SMILES string of the molecule is CCC1=N[C@@]2(CC[C@@H]3CNC[C@@H]32)C(=O)N1CC(C)C.O=C(O)C(F)(F)F. The van der Waals surface area contributed by atoms with Crippen molar-refractivity contribution in [2.45, 2.75) is 51.7 Å². The van der Waals surface area contributed by atoms with Gasteiger partial charge in [0.1, 0.15) is 11.4 Å². The van der Waals surface area contributed by atoms with E-state index in [9.17, 15) is 18.0 Å². The summed E-state index contributed by atoms with van der Waals surface area (Å²) in [5.41, 5.74) is -0.408. The van der Waals surface area contributed by atoms with Gasteiger partial charge in [-0.05, 0) is 31.2 Å². The summed E-state index contributed by atoms with van der Waals surface area (Å²) in [6, 6.07) is 0. The molecule has 0 aromatic rings. The van der Waals surface area contributed by atoms with Crippen molar-refractivity contribution in [2.24, 2.45) is 22.7 Å². The first-order valence-electron chi connectivity index (χ1n) is 8.94. The Balaban J connectivity index is 0.000000298. The Kier molecular flexibility index (Phi) is 5.99. The van der Waals surface area contributed by atoms with Crippen LogP contribution in [0.3, 0.4) is 0 Å². The molecule has 2 heterocycles. The van der Waals surface area contributed by atoms with Gasteiger partial charge in [-0.2, -0.15) is 13.2 Å². The van der Waals surface area contributed by atoms with Crippen molar-refractivity contribution in [1.82, 2.24) is 10.2 Å². The number of alkyl halides is 3. The summed E-state index contributed by atoms with van der Waals surface area (Å²) >= 11 is 0. The van der Waals surface area contributed by atoms with E-state index >= 15 is 0 Å². The molecule has 2 aliphatic heterocycles. The number of hydrogen-bond donors (Lipinski definition) is 2. The van der Waals surface area contributed by atoms with Crippen LogP contribution in [0.2, 0.25) is 0 Å². The van der Waals surface area contributed by atoms with Crippen LogP contribution in [0.4, 0.5) is 13.2 Å². The number of amidine groups is 1. The summed E-state index contributed by atoms with van der Waals surface area (Å²) in [4.78, 5) is 28.8. The summed E-state index contributed by atoms with van der Waals surface area (Å²) < 4.78 is 31.7. The van der Waals surface area contributed by atoms with Crippen LogP contribution in [0, 0.1) is 17.8 Å². The van der Waals surface area contributed by atoms with E-state index in [4.69, 9.17) is 14.9 Å². The minimum absolute atomic E-state index is 0.286. The number of nitrogens with zero attached hydrogens (tertiary/aromatic N) is 2. The number of nitrogens with one attached hydrogen (secondary N) is 1. The first kappa shape index (κ1) is 20.7. The average molecular weight is 377 g/mol. The zero-order valence-corrected chi connectivity index (χ0v) is 15.3. The molecule has 1 saturated carbocycles. The lowest BCUT2D eigenvalue weighted by Crippen LogP contribution is -2.47. The maximum atomic E-state index is 13.0. The molecular formula is C17H26F3N3O3. The molecule has 0 radical (unpaired) electrons. The van der Waals surface area contributed by atoms with Gasteiger partial charge in [0.2, 0.25) is 0 Å². The van der Waals surface area contributed by atoms with Gasteiger partial charge in [0.05, 0.1) is 0 Å². The molecule has 2 fully saturated rings. The molecule has 148 valence electrons. The molecule has 0 bridgehead atoms. The molecule has 3 aliphatic rings. The van der Waals surface area contributed by atoms with Gasteiger partial charge in [0.25, 0.3) is 5.91 Å². The second kappa shape index (κ2) is 7.54. The predicted molar refractivity (Wildman–Crippen MR) is 89.8 cm³/mol. The van der Waals surface area contributed by atoms with Gasteiger partial charge in [-0.15, -0.1) is 0 Å². The van der Waals surface area contributed by atoms with Crippen LogP contribution in [-0.2, 0) is 9.59 Å². The van der Waals surface area contributed by atoms with Crippen molar-refractivity contribution in [3.8, 4) is 0 Å². The van der Waals surface area contributed by atoms with E-state index in [1.807, 2.05) is 4.90 Å². The molecule has 1 amide bonds. The van der Waals surface area contributed by atoms with Crippen molar-refractivity contribution < 1.29 is 27.9 Å². The molecule has 6 nitrogen and oxygen atoms in total. The number of carboxylic acids is 1. The lowest BCUT2D eigenvalue weighted by molar-refractivity contribution is -0.192. The maximum Gasteiger partial charge on any atom is 0.490 e. The maximum absolute atomic E-state index is 13.0. The predicted octanol–water partition coefficient (Wildman–Crippen LogP) is 2.29.